The molecule has 1 aromatic rings. The Morgan fingerprint density at radius 1 is 1.15 bits per heavy atom. The summed E-state index contributed by atoms with van der Waals surface area (Å²) in [6, 6.07) is 0. The minimum atomic E-state index is 0.265. The van der Waals surface area contributed by atoms with Gasteiger partial charge in [-0.1, -0.05) is 27.7 Å². The molecule has 5 heteroatoms. The smallest absolute Gasteiger partial charge is 0.135 e. The molecule has 114 valence electrons. The topological polar surface area (TPSA) is 73.1 Å². The monoisotopic (exact) mass is 280 g/mol. The van der Waals surface area contributed by atoms with Gasteiger partial charge in [-0.15, -0.1) is 0 Å². The van der Waals surface area contributed by atoms with Crippen molar-refractivity contribution in [3.63, 3.8) is 0 Å². The zero-order valence-electron chi connectivity index (χ0n) is 13.4. The molecular formula is C15H28N4O. The average molecular weight is 280 g/mol. The van der Waals surface area contributed by atoms with Crippen LogP contribution >= 0.6 is 0 Å². The third kappa shape index (κ3) is 5.33. The summed E-state index contributed by atoms with van der Waals surface area (Å²) in [6.07, 6.45) is 1.09. The van der Waals surface area contributed by atoms with Gasteiger partial charge in [-0.2, -0.15) is 0 Å². The van der Waals surface area contributed by atoms with Crippen LogP contribution in [0.4, 0.5) is 11.6 Å². The summed E-state index contributed by atoms with van der Waals surface area (Å²) in [4.78, 5) is 8.83. The zero-order chi connectivity index (χ0) is 15.1. The second-order valence-electron chi connectivity index (χ2n) is 5.82. The Hall–Kier alpha value is -1.36. The summed E-state index contributed by atoms with van der Waals surface area (Å²) in [6.45, 7) is 12.7. The van der Waals surface area contributed by atoms with Crippen LogP contribution in [0.25, 0.3) is 0 Å². The Bertz CT molecular complexity index is 419. The van der Waals surface area contributed by atoms with Gasteiger partial charge in [0.15, 0.2) is 0 Å². The Labute approximate surface area is 122 Å². The minimum Gasteiger partial charge on any atom is -0.383 e. The molecule has 0 saturated carbocycles. The van der Waals surface area contributed by atoms with Crippen LogP contribution in [0.15, 0.2) is 0 Å². The molecule has 0 saturated heterocycles. The van der Waals surface area contributed by atoms with Crippen LogP contribution in [-0.2, 0) is 4.74 Å². The highest BCUT2D eigenvalue weighted by Crippen LogP contribution is 2.20. The SMILES string of the molecule is Cc1c(N)nc(C(C)C)nc1NCCOCCC(C)C. The van der Waals surface area contributed by atoms with E-state index in [0.717, 1.165) is 36.8 Å². The molecule has 0 unspecified atom stereocenters. The van der Waals surface area contributed by atoms with Gasteiger partial charge in [0.05, 0.1) is 6.61 Å². The highest BCUT2D eigenvalue weighted by atomic mass is 16.5. The summed E-state index contributed by atoms with van der Waals surface area (Å²) in [5.74, 6) is 3.08. The van der Waals surface area contributed by atoms with Crippen LogP contribution in [0.1, 0.15) is 51.4 Å². The number of hydrogen-bond acceptors (Lipinski definition) is 5. The van der Waals surface area contributed by atoms with Gasteiger partial charge >= 0.3 is 0 Å². The van der Waals surface area contributed by atoms with E-state index in [0.29, 0.717) is 18.3 Å². The van der Waals surface area contributed by atoms with Crippen LogP contribution in [0.5, 0.6) is 0 Å². The first-order valence-corrected chi connectivity index (χ1v) is 7.37. The number of nitrogen functional groups attached to an aromatic ring is 1. The number of nitrogens with zero attached hydrogens (tertiary/aromatic N) is 2. The Kier molecular flexibility index (Phi) is 6.71. The van der Waals surface area contributed by atoms with Crippen molar-refractivity contribution in [2.24, 2.45) is 5.92 Å². The van der Waals surface area contributed by atoms with Gasteiger partial charge in [-0.3, -0.25) is 0 Å². The lowest BCUT2D eigenvalue weighted by molar-refractivity contribution is 0.132. The predicted octanol–water partition coefficient (Wildman–Crippen LogP) is 2.97. The first-order valence-electron chi connectivity index (χ1n) is 7.37. The highest BCUT2D eigenvalue weighted by molar-refractivity contribution is 5.54. The summed E-state index contributed by atoms with van der Waals surface area (Å²) >= 11 is 0. The van der Waals surface area contributed by atoms with E-state index in [1.54, 1.807) is 0 Å². The zero-order valence-corrected chi connectivity index (χ0v) is 13.4. The maximum absolute atomic E-state index is 5.92. The van der Waals surface area contributed by atoms with Crippen LogP contribution in [0.3, 0.4) is 0 Å². The molecule has 0 aliphatic heterocycles. The number of aromatic nitrogens is 2. The maximum Gasteiger partial charge on any atom is 0.135 e. The minimum absolute atomic E-state index is 0.265. The van der Waals surface area contributed by atoms with Crippen molar-refractivity contribution in [1.82, 2.24) is 9.97 Å². The third-order valence-corrected chi connectivity index (χ3v) is 3.10. The average Bonchev–Trinajstić information content (AvgIpc) is 2.37. The maximum atomic E-state index is 5.92. The van der Waals surface area contributed by atoms with E-state index < -0.39 is 0 Å². The van der Waals surface area contributed by atoms with E-state index in [-0.39, 0.29) is 5.92 Å². The first-order chi connectivity index (χ1) is 9.41. The molecule has 0 atom stereocenters. The molecule has 0 amide bonds. The van der Waals surface area contributed by atoms with Gasteiger partial charge in [0.1, 0.15) is 17.5 Å². The van der Waals surface area contributed by atoms with E-state index in [2.05, 4.69) is 43.0 Å². The summed E-state index contributed by atoms with van der Waals surface area (Å²) in [5, 5.41) is 3.28. The number of nitrogens with two attached hydrogens (primary N) is 1. The predicted molar refractivity (Wildman–Crippen MR) is 84.0 cm³/mol. The van der Waals surface area contributed by atoms with Crippen LogP contribution in [-0.4, -0.2) is 29.7 Å². The third-order valence-electron chi connectivity index (χ3n) is 3.10. The van der Waals surface area contributed by atoms with Gasteiger partial charge in [0, 0.05) is 24.6 Å². The fourth-order valence-corrected chi connectivity index (χ4v) is 1.64. The second-order valence-corrected chi connectivity index (χ2v) is 5.82. The number of ether oxygens (including phenoxy) is 1. The molecule has 0 radical (unpaired) electrons. The molecule has 1 rings (SSSR count). The Morgan fingerprint density at radius 2 is 1.85 bits per heavy atom. The number of nitrogens with one attached hydrogen (secondary N) is 1. The molecule has 0 bridgehead atoms. The molecule has 1 heterocycles. The van der Waals surface area contributed by atoms with Crippen LogP contribution in [0, 0.1) is 12.8 Å². The van der Waals surface area contributed by atoms with Crippen molar-refractivity contribution >= 4 is 11.6 Å². The lowest BCUT2D eigenvalue weighted by Crippen LogP contribution is -2.15. The van der Waals surface area contributed by atoms with Crippen molar-refractivity contribution in [3.05, 3.63) is 11.4 Å². The van der Waals surface area contributed by atoms with Crippen molar-refractivity contribution in [1.29, 1.82) is 0 Å². The van der Waals surface area contributed by atoms with E-state index in [1.807, 2.05) is 6.92 Å². The molecule has 0 aromatic carbocycles. The highest BCUT2D eigenvalue weighted by Gasteiger charge is 2.10. The van der Waals surface area contributed by atoms with Crippen LogP contribution < -0.4 is 11.1 Å². The largest absolute Gasteiger partial charge is 0.383 e. The first kappa shape index (κ1) is 16.7. The quantitative estimate of drug-likeness (QED) is 0.716. The van der Waals surface area contributed by atoms with Crippen molar-refractivity contribution in [3.8, 4) is 0 Å². The molecule has 3 N–H and O–H groups in total. The summed E-state index contributed by atoms with van der Waals surface area (Å²) in [7, 11) is 0. The lowest BCUT2D eigenvalue weighted by atomic mass is 10.1. The van der Waals surface area contributed by atoms with Crippen molar-refractivity contribution < 1.29 is 4.74 Å². The number of rotatable bonds is 8. The molecule has 5 nitrogen and oxygen atoms in total. The van der Waals surface area contributed by atoms with Gasteiger partial charge < -0.3 is 15.8 Å². The van der Waals surface area contributed by atoms with Gasteiger partial charge in [-0.05, 0) is 19.3 Å². The lowest BCUT2D eigenvalue weighted by Gasteiger charge is -2.13. The fourth-order valence-electron chi connectivity index (χ4n) is 1.64. The van der Waals surface area contributed by atoms with Crippen molar-refractivity contribution in [2.45, 2.75) is 47.0 Å². The van der Waals surface area contributed by atoms with Crippen LogP contribution in [0.2, 0.25) is 0 Å². The fraction of sp³-hybridized carbons (Fsp3) is 0.733. The molecule has 0 spiro atoms. The van der Waals surface area contributed by atoms with Gasteiger partial charge in [0.25, 0.3) is 0 Å². The molecule has 20 heavy (non-hydrogen) atoms. The summed E-state index contributed by atoms with van der Waals surface area (Å²) < 4.78 is 5.58. The summed E-state index contributed by atoms with van der Waals surface area (Å²) in [5.41, 5.74) is 6.82. The molecule has 0 aliphatic carbocycles. The second kappa shape index (κ2) is 8.04. The van der Waals surface area contributed by atoms with E-state index in [1.165, 1.54) is 0 Å². The Balaban J connectivity index is 2.47. The van der Waals surface area contributed by atoms with Crippen molar-refractivity contribution in [2.75, 3.05) is 30.8 Å². The van der Waals surface area contributed by atoms with Gasteiger partial charge in [0.2, 0.25) is 0 Å². The van der Waals surface area contributed by atoms with E-state index in [9.17, 15) is 0 Å². The van der Waals surface area contributed by atoms with Gasteiger partial charge in [-0.25, -0.2) is 9.97 Å². The molecular weight excluding hydrogens is 252 g/mol. The molecule has 0 fully saturated rings. The number of hydrogen-bond donors (Lipinski definition) is 2. The van der Waals surface area contributed by atoms with E-state index in [4.69, 9.17) is 10.5 Å². The Morgan fingerprint density at radius 3 is 2.45 bits per heavy atom. The molecule has 0 aliphatic rings. The normalized spacial score (nSPS) is 11.3. The number of anilines is 2. The molecule has 1 aromatic heterocycles. The standard InChI is InChI=1S/C15H28N4O/c1-10(2)6-8-20-9-7-17-15-12(5)13(16)18-14(19-15)11(3)4/h10-11H,6-9H2,1-5H3,(H3,16,17,18,19). The van der Waals surface area contributed by atoms with E-state index >= 15 is 0 Å².